The van der Waals surface area contributed by atoms with E-state index in [0.717, 1.165) is 33.3 Å². The maximum Gasteiger partial charge on any atom is 0.145 e. The molecule has 3 heteroatoms. The summed E-state index contributed by atoms with van der Waals surface area (Å²) in [6.45, 7) is 4.63. The third kappa shape index (κ3) is 4.31. The molecular formula is C40H41ClN2+2. The summed E-state index contributed by atoms with van der Waals surface area (Å²) in [6, 6.07) is 26.6. The summed E-state index contributed by atoms with van der Waals surface area (Å²) >= 11 is 7.17. The summed E-state index contributed by atoms with van der Waals surface area (Å²) in [6.07, 6.45) is 12.4. The number of hydrogen-bond acceptors (Lipinski definition) is 0. The Hall–Kier alpha value is -3.69. The fourth-order valence-electron chi connectivity index (χ4n) is 8.01. The van der Waals surface area contributed by atoms with E-state index in [1.165, 1.54) is 72.2 Å². The Morgan fingerprint density at radius 1 is 0.721 bits per heavy atom. The highest BCUT2D eigenvalue weighted by Gasteiger charge is 2.42. The first kappa shape index (κ1) is 28.1. The number of rotatable bonds is 3. The normalized spacial score (nSPS) is 22.9. The molecule has 0 saturated carbocycles. The Morgan fingerprint density at radius 3 is 2.12 bits per heavy atom. The quantitative estimate of drug-likeness (QED) is 0.210. The van der Waals surface area contributed by atoms with Crippen LogP contribution in [-0.2, 0) is 0 Å². The maximum atomic E-state index is 7.17. The van der Waals surface area contributed by atoms with Crippen LogP contribution >= 0.6 is 11.6 Å². The molecule has 216 valence electrons. The number of hydrogen-bond donors (Lipinski definition) is 0. The van der Waals surface area contributed by atoms with Gasteiger partial charge in [0.1, 0.15) is 22.8 Å². The molecule has 0 N–H and O–H groups in total. The number of allylic oxidation sites excluding steroid dienone is 9. The second kappa shape index (κ2) is 10.2. The second-order valence-corrected chi connectivity index (χ2v) is 13.7. The van der Waals surface area contributed by atoms with Crippen molar-refractivity contribution in [3.05, 3.63) is 136 Å². The Bertz CT molecular complexity index is 1980. The number of halogens is 1. The van der Waals surface area contributed by atoms with Crippen molar-refractivity contribution in [1.29, 1.82) is 0 Å². The van der Waals surface area contributed by atoms with Gasteiger partial charge in [0, 0.05) is 34.4 Å². The zero-order valence-electron chi connectivity index (χ0n) is 26.2. The fraction of sp³-hybridized carbons (Fsp3) is 0.250. The summed E-state index contributed by atoms with van der Waals surface area (Å²) in [7, 11) is 9.21. The monoisotopic (exact) mass is 584 g/mol. The topological polar surface area (TPSA) is 0 Å². The SMILES string of the molecule is CC1=C(/C=C/C2=C(Cl)C(=C\C=C3/C(C)c4c(ccc5ccccc45)[N+]3(C)C)/CCC2)[N+](C)(C)c2ccc3ccccc3c21. The van der Waals surface area contributed by atoms with E-state index in [-0.39, 0.29) is 0 Å². The molecule has 0 radical (unpaired) electrons. The second-order valence-electron chi connectivity index (χ2n) is 13.3. The Morgan fingerprint density at radius 2 is 1.37 bits per heavy atom. The van der Waals surface area contributed by atoms with Crippen molar-refractivity contribution in [3.63, 3.8) is 0 Å². The maximum absolute atomic E-state index is 7.17. The molecule has 7 rings (SSSR count). The molecule has 2 aliphatic heterocycles. The van der Waals surface area contributed by atoms with E-state index < -0.39 is 0 Å². The molecule has 1 aliphatic carbocycles. The van der Waals surface area contributed by atoms with E-state index in [1.807, 2.05) is 0 Å². The Balaban J connectivity index is 1.23. The van der Waals surface area contributed by atoms with Gasteiger partial charge >= 0.3 is 0 Å². The molecule has 4 aromatic carbocycles. The predicted molar refractivity (Wildman–Crippen MR) is 188 cm³/mol. The third-order valence-electron chi connectivity index (χ3n) is 10.3. The molecule has 0 fully saturated rings. The smallest absolute Gasteiger partial charge is 0.145 e. The first-order chi connectivity index (χ1) is 20.6. The number of benzene rings is 4. The number of quaternary nitrogens is 2. The van der Waals surface area contributed by atoms with Gasteiger partial charge in [0.25, 0.3) is 0 Å². The van der Waals surface area contributed by atoms with Gasteiger partial charge in [-0.2, -0.15) is 0 Å². The van der Waals surface area contributed by atoms with E-state index >= 15 is 0 Å². The summed E-state index contributed by atoms with van der Waals surface area (Å²) in [5.41, 5.74) is 12.1. The summed E-state index contributed by atoms with van der Waals surface area (Å²) in [4.78, 5) is 0. The molecule has 3 aliphatic rings. The Labute approximate surface area is 261 Å². The van der Waals surface area contributed by atoms with Crippen LogP contribution in [0.4, 0.5) is 11.4 Å². The van der Waals surface area contributed by atoms with Crippen molar-refractivity contribution in [1.82, 2.24) is 8.97 Å². The first-order valence-electron chi connectivity index (χ1n) is 15.5. The predicted octanol–water partition coefficient (Wildman–Crippen LogP) is 10.7. The average Bonchev–Trinajstić information content (AvgIpc) is 3.33. The number of nitrogens with zero attached hydrogens (tertiary/aromatic N) is 2. The van der Waals surface area contributed by atoms with Gasteiger partial charge < -0.3 is 0 Å². The lowest BCUT2D eigenvalue weighted by Crippen LogP contribution is -2.36. The van der Waals surface area contributed by atoms with Crippen LogP contribution in [0, 0.1) is 0 Å². The molecule has 0 aromatic heterocycles. The van der Waals surface area contributed by atoms with Crippen LogP contribution in [0.5, 0.6) is 0 Å². The molecule has 43 heavy (non-hydrogen) atoms. The van der Waals surface area contributed by atoms with Crippen LogP contribution in [0.15, 0.2) is 125 Å². The van der Waals surface area contributed by atoms with Gasteiger partial charge in [-0.3, -0.25) is 8.97 Å². The highest BCUT2D eigenvalue weighted by Crippen LogP contribution is 2.50. The van der Waals surface area contributed by atoms with Gasteiger partial charge in [0.15, 0.2) is 0 Å². The molecule has 0 spiro atoms. The van der Waals surface area contributed by atoms with E-state index in [9.17, 15) is 0 Å². The van der Waals surface area contributed by atoms with Crippen LogP contribution in [0.1, 0.15) is 50.2 Å². The first-order valence-corrected chi connectivity index (χ1v) is 15.9. The van der Waals surface area contributed by atoms with Gasteiger partial charge in [0.2, 0.25) is 0 Å². The van der Waals surface area contributed by atoms with Gasteiger partial charge in [0.05, 0.1) is 39.7 Å². The molecule has 0 bridgehead atoms. The zero-order valence-corrected chi connectivity index (χ0v) is 27.0. The molecule has 1 unspecified atom stereocenters. The fourth-order valence-corrected chi connectivity index (χ4v) is 8.33. The van der Waals surface area contributed by atoms with E-state index in [0.29, 0.717) is 5.92 Å². The lowest BCUT2D eigenvalue weighted by Gasteiger charge is -2.27. The zero-order chi connectivity index (χ0) is 30.1. The minimum atomic E-state index is 0.341. The number of likely N-dealkylation sites (N-methyl/N-ethyl adjacent to an activating group) is 2. The van der Waals surface area contributed by atoms with Crippen LogP contribution in [0.3, 0.4) is 0 Å². The standard InChI is InChI=1S/C40H41ClN2/c1-26-34(42(3,4)36-24-18-28-12-7-9-16-32(28)38(26)36)22-20-30-14-11-15-31(40(30)41)21-23-35-27(2)39-33-17-10-8-13-29(33)19-25-37(39)43(35,5)6/h7-10,12-13,16-26H,11,14-15H2,1-6H3/q+2/b23-21+,30-20-,34-22+. The van der Waals surface area contributed by atoms with E-state index in [4.69, 9.17) is 11.6 Å². The molecule has 4 aromatic rings. The third-order valence-corrected chi connectivity index (χ3v) is 10.8. The average molecular weight is 585 g/mol. The van der Waals surface area contributed by atoms with Gasteiger partial charge in [-0.05, 0) is 84.0 Å². The summed E-state index contributed by atoms with van der Waals surface area (Å²) in [5.74, 6) is 0.341. The lowest BCUT2D eigenvalue weighted by molar-refractivity contribution is 0.494. The largest absolute Gasteiger partial charge is 0.266 e. The highest BCUT2D eigenvalue weighted by molar-refractivity contribution is 6.32. The molecule has 0 amide bonds. The summed E-state index contributed by atoms with van der Waals surface area (Å²) in [5, 5.41) is 6.22. The molecule has 2 nitrogen and oxygen atoms in total. The van der Waals surface area contributed by atoms with Crippen LogP contribution in [0.2, 0.25) is 0 Å². The lowest BCUT2D eigenvalue weighted by atomic mass is 9.92. The highest BCUT2D eigenvalue weighted by atomic mass is 35.5. The molecule has 2 heterocycles. The molecule has 1 atom stereocenters. The van der Waals surface area contributed by atoms with Crippen LogP contribution in [0.25, 0.3) is 27.1 Å². The van der Waals surface area contributed by atoms with Crippen molar-refractivity contribution in [2.24, 2.45) is 0 Å². The van der Waals surface area contributed by atoms with Gasteiger partial charge in [-0.15, -0.1) is 0 Å². The van der Waals surface area contributed by atoms with Crippen LogP contribution in [-0.4, -0.2) is 28.2 Å². The van der Waals surface area contributed by atoms with Crippen molar-refractivity contribution >= 4 is 50.1 Å². The molecule has 0 saturated heterocycles. The van der Waals surface area contributed by atoms with Crippen molar-refractivity contribution < 1.29 is 0 Å². The van der Waals surface area contributed by atoms with Gasteiger partial charge in [-0.1, -0.05) is 72.3 Å². The minimum Gasteiger partial charge on any atom is -0.266 e. The number of fused-ring (bicyclic) bond motifs is 6. The minimum absolute atomic E-state index is 0.341. The van der Waals surface area contributed by atoms with Crippen molar-refractivity contribution in [2.45, 2.75) is 39.0 Å². The van der Waals surface area contributed by atoms with Gasteiger partial charge in [-0.25, -0.2) is 0 Å². The van der Waals surface area contributed by atoms with E-state index in [2.05, 4.69) is 139 Å². The van der Waals surface area contributed by atoms with Crippen LogP contribution < -0.4 is 8.97 Å². The van der Waals surface area contributed by atoms with Crippen molar-refractivity contribution in [2.75, 3.05) is 28.2 Å². The Kier molecular flexibility index (Phi) is 6.67. The van der Waals surface area contributed by atoms with Crippen molar-refractivity contribution in [3.8, 4) is 0 Å². The summed E-state index contributed by atoms with van der Waals surface area (Å²) < 4.78 is 1.51. The molecular weight excluding hydrogens is 544 g/mol. The van der Waals surface area contributed by atoms with E-state index in [1.54, 1.807) is 0 Å².